The quantitative estimate of drug-likeness (QED) is 0.131. The van der Waals surface area contributed by atoms with Crippen LogP contribution in [-0.2, 0) is 26.5 Å². The number of ether oxygens (including phenoxy) is 1. The van der Waals surface area contributed by atoms with Crippen LogP contribution < -0.4 is 15.0 Å². The smallest absolute Gasteiger partial charge is 0.304 e. The Balaban J connectivity index is 0.00000514. The molecule has 0 fully saturated rings. The van der Waals surface area contributed by atoms with Gasteiger partial charge in [0.05, 0.1) is 16.7 Å². The molecule has 0 spiro atoms. The second kappa shape index (κ2) is 17.9. The van der Waals surface area contributed by atoms with E-state index < -0.39 is 0 Å². The maximum atomic E-state index is 6.78. The number of fused-ring (bicyclic) bond motifs is 1. The van der Waals surface area contributed by atoms with Crippen LogP contribution in [0.1, 0.15) is 31.9 Å². The van der Waals surface area contributed by atoms with Gasteiger partial charge in [0.2, 0.25) is 0 Å². The molecule has 0 amide bonds. The summed E-state index contributed by atoms with van der Waals surface area (Å²) in [6.07, 6.45) is 0. The first kappa shape index (κ1) is 41.1. The molecule has 0 radical (unpaired) electrons. The molecule has 0 saturated carbocycles. The van der Waals surface area contributed by atoms with E-state index in [1.807, 2.05) is 55.2 Å². The molecule has 304 valence electrons. The average molecular weight is 973 g/mol. The van der Waals surface area contributed by atoms with Crippen molar-refractivity contribution in [1.82, 2.24) is 9.55 Å². The minimum atomic E-state index is 0. The predicted molar refractivity (Wildman–Crippen MR) is 248 cm³/mol. The van der Waals surface area contributed by atoms with Crippen LogP contribution in [0.25, 0.3) is 50.1 Å². The Kier molecular flexibility index (Phi) is 12.0. The van der Waals surface area contributed by atoms with Crippen molar-refractivity contribution in [2.45, 2.75) is 33.1 Å². The van der Waals surface area contributed by atoms with Crippen molar-refractivity contribution in [3.63, 3.8) is 0 Å². The van der Waals surface area contributed by atoms with Gasteiger partial charge in [-0.3, -0.25) is 4.57 Å². The van der Waals surface area contributed by atoms with Crippen molar-refractivity contribution >= 4 is 28.1 Å². The maximum Gasteiger partial charge on any atom is 0.304 e. The van der Waals surface area contributed by atoms with Crippen LogP contribution in [0.3, 0.4) is 0 Å². The van der Waals surface area contributed by atoms with Gasteiger partial charge in [-0.05, 0) is 70.5 Å². The Bertz CT molecular complexity index is 2880. The van der Waals surface area contributed by atoms with Crippen molar-refractivity contribution in [3.8, 4) is 50.8 Å². The Morgan fingerprint density at radius 3 is 2.10 bits per heavy atom. The number of benzene rings is 8. The number of imidazole rings is 1. The molecule has 61 heavy (non-hydrogen) atoms. The third-order valence-corrected chi connectivity index (χ3v) is 10.8. The summed E-state index contributed by atoms with van der Waals surface area (Å²) >= 11 is 0. The Morgan fingerprint density at radius 1 is 0.656 bits per heavy atom. The molecule has 9 aromatic rings. The molecule has 0 bridgehead atoms. The molecule has 0 aliphatic heterocycles. The van der Waals surface area contributed by atoms with Gasteiger partial charge in [-0.2, -0.15) is 18.8 Å². The Morgan fingerprint density at radius 2 is 1.34 bits per heavy atom. The van der Waals surface area contributed by atoms with E-state index in [0.717, 1.165) is 67.2 Å². The first-order valence-electron chi connectivity index (χ1n) is 20.3. The standard InChI is InChI=1S/C55H45N4O.Pt/c1-39-30-31-43(40-32-34-44(35-33-40)55(2,3)4)36-52(39)58(46-23-12-7-13-24-46)38-56-45-22-16-25-47(37-45)60-54-57-53-49(42-20-10-6-11-21-42)27-17-29-51(53)59(54)50-28-15-14-26-48(50)41-18-8-5-9-19-41;/h5-20,22-36,38,56H,1-4H3;/q-3;. The molecular formula is C55H45N4OPt-3. The van der Waals surface area contributed by atoms with Gasteiger partial charge in [-0.1, -0.05) is 142 Å². The molecule has 0 atom stereocenters. The monoisotopic (exact) mass is 972 g/mol. The maximum absolute atomic E-state index is 6.78. The average Bonchev–Trinajstić information content (AvgIpc) is 3.65. The van der Waals surface area contributed by atoms with Crippen LogP contribution >= 0.6 is 0 Å². The molecule has 1 N–H and O–H groups in total. The molecule has 0 aliphatic carbocycles. The van der Waals surface area contributed by atoms with Crippen molar-refractivity contribution in [2.24, 2.45) is 0 Å². The third kappa shape index (κ3) is 8.80. The van der Waals surface area contributed by atoms with E-state index in [1.54, 1.807) is 0 Å². The van der Waals surface area contributed by atoms with Crippen LogP contribution in [0.2, 0.25) is 0 Å². The number of aromatic nitrogens is 2. The SMILES string of the molecule is Cc1ccc(-c2ccc(C(C)(C)C)cc2)cc1N([CH-]Nc1[c-]c(Oc2nc3c(-c4[c-]cccc4)cccc3n2-c2ccccc2-c2ccccc2)ccc1)c1ccccc1.[Pt]. The van der Waals surface area contributed by atoms with E-state index in [-0.39, 0.29) is 26.5 Å². The summed E-state index contributed by atoms with van der Waals surface area (Å²) in [5.41, 5.74) is 14.5. The van der Waals surface area contributed by atoms with E-state index in [1.165, 1.54) is 11.1 Å². The van der Waals surface area contributed by atoms with Crippen LogP contribution in [-0.4, -0.2) is 9.55 Å². The van der Waals surface area contributed by atoms with Crippen molar-refractivity contribution in [2.75, 3.05) is 10.2 Å². The molecule has 5 nitrogen and oxygen atoms in total. The number of anilines is 3. The second-order valence-electron chi connectivity index (χ2n) is 15.9. The Hall–Kier alpha value is -6.68. The second-order valence-corrected chi connectivity index (χ2v) is 15.9. The zero-order valence-corrected chi connectivity index (χ0v) is 36.8. The van der Waals surface area contributed by atoms with Gasteiger partial charge >= 0.3 is 6.01 Å². The molecule has 0 aliphatic rings. The minimum Gasteiger partial charge on any atom is -0.536 e. The Labute approximate surface area is 373 Å². The molecule has 8 aromatic carbocycles. The summed E-state index contributed by atoms with van der Waals surface area (Å²) in [5.74, 6) is 0.526. The van der Waals surface area contributed by atoms with Crippen molar-refractivity contribution in [1.29, 1.82) is 0 Å². The van der Waals surface area contributed by atoms with Crippen LogP contribution in [0.5, 0.6) is 11.8 Å². The van der Waals surface area contributed by atoms with Gasteiger partial charge in [0.1, 0.15) is 0 Å². The van der Waals surface area contributed by atoms with E-state index in [9.17, 15) is 0 Å². The van der Waals surface area contributed by atoms with Crippen molar-refractivity contribution < 1.29 is 25.8 Å². The van der Waals surface area contributed by atoms with E-state index in [4.69, 9.17) is 9.72 Å². The summed E-state index contributed by atoms with van der Waals surface area (Å²) in [5, 5.41) is 3.55. The van der Waals surface area contributed by atoms with E-state index in [2.05, 4.69) is 194 Å². The summed E-state index contributed by atoms with van der Waals surface area (Å²) in [6.45, 7) is 10.9. The molecular weight excluding hydrogens is 928 g/mol. The number of aryl methyl sites for hydroxylation is 1. The zero-order valence-electron chi connectivity index (χ0n) is 34.5. The number of para-hydroxylation sites is 3. The molecule has 1 aromatic heterocycles. The normalized spacial score (nSPS) is 11.2. The predicted octanol–water partition coefficient (Wildman–Crippen LogP) is 14.4. The fourth-order valence-electron chi connectivity index (χ4n) is 7.59. The number of nitrogens with zero attached hydrogens (tertiary/aromatic N) is 3. The van der Waals surface area contributed by atoms with E-state index >= 15 is 0 Å². The van der Waals surface area contributed by atoms with Gasteiger partial charge in [-0.15, -0.1) is 53.7 Å². The molecule has 1 heterocycles. The van der Waals surface area contributed by atoms with E-state index in [0.29, 0.717) is 11.8 Å². The molecule has 6 heteroatoms. The van der Waals surface area contributed by atoms with Crippen LogP contribution in [0.15, 0.2) is 188 Å². The van der Waals surface area contributed by atoms with Gasteiger partial charge in [0, 0.05) is 43.8 Å². The summed E-state index contributed by atoms with van der Waals surface area (Å²) < 4.78 is 8.88. The number of rotatable bonds is 11. The fraction of sp³-hybridized carbons (Fsp3) is 0.0909. The van der Waals surface area contributed by atoms with Gasteiger partial charge in [-0.25, -0.2) is 4.98 Å². The molecule has 9 rings (SSSR count). The van der Waals surface area contributed by atoms with Gasteiger partial charge in [0.25, 0.3) is 0 Å². The van der Waals surface area contributed by atoms with Gasteiger partial charge in [0.15, 0.2) is 0 Å². The minimum absolute atomic E-state index is 0. The van der Waals surface area contributed by atoms with Crippen LogP contribution in [0.4, 0.5) is 17.1 Å². The van der Waals surface area contributed by atoms with Gasteiger partial charge < -0.3 is 15.0 Å². The third-order valence-electron chi connectivity index (χ3n) is 10.8. The fourth-order valence-corrected chi connectivity index (χ4v) is 7.59. The first-order valence-corrected chi connectivity index (χ1v) is 20.3. The number of nitrogens with one attached hydrogen (secondary N) is 1. The molecule has 0 saturated heterocycles. The largest absolute Gasteiger partial charge is 0.536 e. The summed E-state index contributed by atoms with van der Waals surface area (Å²) in [4.78, 5) is 7.39. The summed E-state index contributed by atoms with van der Waals surface area (Å²) in [7, 11) is 0. The zero-order chi connectivity index (χ0) is 41.1. The topological polar surface area (TPSA) is 42.3 Å². The molecule has 0 unspecified atom stereocenters. The number of hydrogen-bond donors (Lipinski definition) is 1. The summed E-state index contributed by atoms with van der Waals surface area (Å²) in [6, 6.07) is 72.2. The number of hydrogen-bond acceptors (Lipinski definition) is 4. The van der Waals surface area contributed by atoms with Crippen molar-refractivity contribution in [3.05, 3.63) is 218 Å². The van der Waals surface area contributed by atoms with Crippen LogP contribution in [0, 0.1) is 25.7 Å². The first-order chi connectivity index (χ1) is 29.3.